The lowest BCUT2D eigenvalue weighted by Crippen LogP contribution is -2.41. The fourth-order valence-corrected chi connectivity index (χ4v) is 2.98. The minimum absolute atomic E-state index is 0.0901. The van der Waals surface area contributed by atoms with E-state index in [-0.39, 0.29) is 17.4 Å². The highest BCUT2D eigenvalue weighted by atomic mass is 32.1. The number of rotatable bonds is 6. The van der Waals surface area contributed by atoms with Crippen molar-refractivity contribution in [3.63, 3.8) is 0 Å². The first-order valence-electron chi connectivity index (χ1n) is 7.34. The Morgan fingerprint density at radius 1 is 1.45 bits per heavy atom. The molecule has 0 bridgehead atoms. The molecule has 0 aliphatic carbocycles. The molecule has 0 spiro atoms. The molecule has 0 fully saturated rings. The quantitative estimate of drug-likeness (QED) is 0.836. The third-order valence-corrected chi connectivity index (χ3v) is 4.12. The van der Waals surface area contributed by atoms with E-state index >= 15 is 0 Å². The summed E-state index contributed by atoms with van der Waals surface area (Å²) in [5.41, 5.74) is 0.577. The van der Waals surface area contributed by atoms with E-state index < -0.39 is 6.04 Å². The summed E-state index contributed by atoms with van der Waals surface area (Å²) in [7, 11) is 1.60. The van der Waals surface area contributed by atoms with Gasteiger partial charge < -0.3 is 10.6 Å². The third-order valence-electron chi connectivity index (χ3n) is 3.28. The normalized spacial score (nSPS) is 12.6. The van der Waals surface area contributed by atoms with Gasteiger partial charge in [0.25, 0.3) is 5.56 Å². The van der Waals surface area contributed by atoms with E-state index in [1.54, 1.807) is 7.05 Å². The zero-order chi connectivity index (χ0) is 16.3. The van der Waals surface area contributed by atoms with Crippen LogP contribution in [0.25, 0.3) is 4.96 Å². The summed E-state index contributed by atoms with van der Waals surface area (Å²) in [5, 5.41) is 10.5. The van der Waals surface area contributed by atoms with E-state index in [0.29, 0.717) is 10.1 Å². The van der Waals surface area contributed by atoms with Crippen LogP contribution in [0.1, 0.15) is 32.9 Å². The highest BCUT2D eigenvalue weighted by molar-refractivity contribution is 7.20. The van der Waals surface area contributed by atoms with Gasteiger partial charge in [-0.1, -0.05) is 38.5 Å². The number of aryl methyl sites for hydroxylation is 1. The van der Waals surface area contributed by atoms with Crippen molar-refractivity contribution in [1.82, 2.24) is 19.9 Å². The standard InChI is InChI=1S/C14H21N5O2S/c1-5-6-9-7-10(20)19-14(16-9)22-13(18-19)17-11(8(2)3)12(21)15-4/h7-8,11H,5-6H2,1-4H3,(H,15,21)(H,17,18). The largest absolute Gasteiger partial charge is 0.357 e. The lowest BCUT2D eigenvalue weighted by Gasteiger charge is -2.19. The molecule has 0 radical (unpaired) electrons. The Hall–Kier alpha value is -1.96. The van der Waals surface area contributed by atoms with Crippen molar-refractivity contribution in [3.8, 4) is 0 Å². The number of fused-ring (bicyclic) bond motifs is 1. The molecule has 0 saturated carbocycles. The second-order valence-corrected chi connectivity index (χ2v) is 6.37. The van der Waals surface area contributed by atoms with Crippen LogP contribution in [-0.4, -0.2) is 33.6 Å². The lowest BCUT2D eigenvalue weighted by atomic mass is 10.0. The number of hydrogen-bond acceptors (Lipinski definition) is 6. The van der Waals surface area contributed by atoms with Crippen LogP contribution in [-0.2, 0) is 11.2 Å². The third kappa shape index (κ3) is 3.44. The van der Waals surface area contributed by atoms with Crippen molar-refractivity contribution < 1.29 is 4.79 Å². The molecule has 22 heavy (non-hydrogen) atoms. The number of aromatic nitrogens is 3. The Morgan fingerprint density at radius 3 is 2.77 bits per heavy atom. The zero-order valence-corrected chi connectivity index (χ0v) is 14.0. The fourth-order valence-electron chi connectivity index (χ4n) is 2.12. The highest BCUT2D eigenvalue weighted by Crippen LogP contribution is 2.19. The van der Waals surface area contributed by atoms with Crippen LogP contribution in [0.15, 0.2) is 10.9 Å². The van der Waals surface area contributed by atoms with Gasteiger partial charge in [-0.05, 0) is 12.3 Å². The number of carbonyl (C=O) groups excluding carboxylic acids is 1. The van der Waals surface area contributed by atoms with Gasteiger partial charge in [-0.2, -0.15) is 4.52 Å². The molecular formula is C14H21N5O2S. The van der Waals surface area contributed by atoms with Crippen LogP contribution in [0.3, 0.4) is 0 Å². The smallest absolute Gasteiger partial charge is 0.275 e. The molecule has 2 rings (SSSR count). The monoisotopic (exact) mass is 323 g/mol. The van der Waals surface area contributed by atoms with Crippen molar-refractivity contribution in [2.45, 2.75) is 39.7 Å². The maximum absolute atomic E-state index is 12.1. The van der Waals surface area contributed by atoms with Crippen molar-refractivity contribution in [1.29, 1.82) is 0 Å². The number of anilines is 1. The second-order valence-electron chi connectivity index (χ2n) is 5.42. The summed E-state index contributed by atoms with van der Waals surface area (Å²) in [6.07, 6.45) is 1.69. The average Bonchev–Trinajstić information content (AvgIpc) is 2.87. The molecule has 2 aromatic heterocycles. The Morgan fingerprint density at radius 2 is 2.18 bits per heavy atom. The van der Waals surface area contributed by atoms with Gasteiger partial charge in [0, 0.05) is 18.8 Å². The van der Waals surface area contributed by atoms with Crippen molar-refractivity contribution in [2.24, 2.45) is 5.92 Å². The maximum atomic E-state index is 12.1. The number of nitrogens with zero attached hydrogens (tertiary/aromatic N) is 3. The molecule has 1 amide bonds. The summed E-state index contributed by atoms with van der Waals surface area (Å²) < 4.78 is 1.27. The Bertz CT molecular complexity index is 722. The molecule has 2 heterocycles. The SMILES string of the molecule is CCCc1cc(=O)n2nc(NC(C(=O)NC)C(C)C)sc2n1. The van der Waals surface area contributed by atoms with Crippen molar-refractivity contribution in [2.75, 3.05) is 12.4 Å². The fraction of sp³-hybridized carbons (Fsp3) is 0.571. The first kappa shape index (κ1) is 16.4. The van der Waals surface area contributed by atoms with Crippen molar-refractivity contribution >= 4 is 27.3 Å². The molecule has 120 valence electrons. The van der Waals surface area contributed by atoms with Gasteiger partial charge >= 0.3 is 0 Å². The molecule has 8 heteroatoms. The summed E-state index contributed by atoms with van der Waals surface area (Å²) in [5.74, 6) is -0.0199. The highest BCUT2D eigenvalue weighted by Gasteiger charge is 2.22. The van der Waals surface area contributed by atoms with Gasteiger partial charge in [0.2, 0.25) is 16.0 Å². The van der Waals surface area contributed by atoms with E-state index in [2.05, 4.69) is 20.7 Å². The molecule has 0 aliphatic rings. The Labute approximate surface area is 132 Å². The number of carbonyl (C=O) groups is 1. The Kier molecular flexibility index (Phi) is 5.12. The van der Waals surface area contributed by atoms with Crippen molar-refractivity contribution in [3.05, 3.63) is 22.1 Å². The second kappa shape index (κ2) is 6.87. The molecule has 0 aromatic carbocycles. The van der Waals surface area contributed by atoms with E-state index in [1.165, 1.54) is 21.9 Å². The van der Waals surface area contributed by atoms with E-state index in [4.69, 9.17) is 0 Å². The minimum Gasteiger partial charge on any atom is -0.357 e. The first-order chi connectivity index (χ1) is 10.5. The molecule has 2 aromatic rings. The summed E-state index contributed by atoms with van der Waals surface area (Å²) in [6, 6.07) is 1.11. The van der Waals surface area contributed by atoms with E-state index in [0.717, 1.165) is 18.5 Å². The molecule has 1 unspecified atom stereocenters. The van der Waals surface area contributed by atoms with Gasteiger partial charge in [0.15, 0.2) is 0 Å². The maximum Gasteiger partial charge on any atom is 0.275 e. The zero-order valence-electron chi connectivity index (χ0n) is 13.2. The minimum atomic E-state index is -0.406. The number of nitrogens with one attached hydrogen (secondary N) is 2. The van der Waals surface area contributed by atoms with Crippen LogP contribution in [0, 0.1) is 5.92 Å². The number of amides is 1. The summed E-state index contributed by atoms with van der Waals surface area (Å²) in [4.78, 5) is 28.9. The van der Waals surface area contributed by atoms with Gasteiger partial charge in [0.1, 0.15) is 6.04 Å². The van der Waals surface area contributed by atoms with Crippen LogP contribution in [0.4, 0.5) is 5.13 Å². The molecule has 1 atom stereocenters. The molecule has 7 nitrogen and oxygen atoms in total. The van der Waals surface area contributed by atoms with Gasteiger partial charge in [0.05, 0.1) is 0 Å². The molecular weight excluding hydrogens is 302 g/mol. The topological polar surface area (TPSA) is 88.4 Å². The predicted octanol–water partition coefficient (Wildman–Crippen LogP) is 1.29. The lowest BCUT2D eigenvalue weighted by molar-refractivity contribution is -0.122. The number of hydrogen-bond donors (Lipinski definition) is 2. The first-order valence-corrected chi connectivity index (χ1v) is 8.15. The van der Waals surface area contributed by atoms with Crippen LogP contribution >= 0.6 is 11.3 Å². The Balaban J connectivity index is 2.34. The average molecular weight is 323 g/mol. The summed E-state index contributed by atoms with van der Waals surface area (Å²) in [6.45, 7) is 5.94. The predicted molar refractivity (Wildman–Crippen MR) is 87.4 cm³/mol. The van der Waals surface area contributed by atoms with E-state index in [1.807, 2.05) is 20.8 Å². The van der Waals surface area contributed by atoms with Crippen LogP contribution < -0.4 is 16.2 Å². The van der Waals surface area contributed by atoms with Crippen LogP contribution in [0.2, 0.25) is 0 Å². The molecule has 0 saturated heterocycles. The molecule has 2 N–H and O–H groups in total. The molecule has 0 aliphatic heterocycles. The summed E-state index contributed by atoms with van der Waals surface area (Å²) >= 11 is 1.27. The van der Waals surface area contributed by atoms with Gasteiger partial charge in [-0.15, -0.1) is 5.10 Å². The van der Waals surface area contributed by atoms with Gasteiger partial charge in [-0.25, -0.2) is 4.98 Å². The van der Waals surface area contributed by atoms with Gasteiger partial charge in [-0.3, -0.25) is 9.59 Å². The van der Waals surface area contributed by atoms with E-state index in [9.17, 15) is 9.59 Å². The number of likely N-dealkylation sites (N-methyl/N-ethyl adjacent to an activating group) is 1. The van der Waals surface area contributed by atoms with Crippen LogP contribution in [0.5, 0.6) is 0 Å².